The van der Waals surface area contributed by atoms with E-state index >= 15 is 0 Å². The maximum Gasteiger partial charge on any atom is 0.350 e. The van der Waals surface area contributed by atoms with Crippen LogP contribution in [0.4, 0.5) is 5.13 Å². The minimum absolute atomic E-state index is 0.326. The van der Waals surface area contributed by atoms with Crippen molar-refractivity contribution in [1.82, 2.24) is 14.5 Å². The summed E-state index contributed by atoms with van der Waals surface area (Å²) < 4.78 is 6.77. The molecule has 0 saturated heterocycles. The van der Waals surface area contributed by atoms with E-state index in [0.29, 0.717) is 10.6 Å². The van der Waals surface area contributed by atoms with Crippen molar-refractivity contribution in [3.63, 3.8) is 0 Å². The zero-order valence-corrected chi connectivity index (χ0v) is 12.4. The molecular weight excluding hydrogens is 276 g/mol. The summed E-state index contributed by atoms with van der Waals surface area (Å²) in [6.45, 7) is 3.61. The third kappa shape index (κ3) is 3.80. The molecule has 7 heteroatoms. The maximum absolute atomic E-state index is 11.5. The molecule has 0 aliphatic heterocycles. The van der Waals surface area contributed by atoms with Crippen LogP contribution in [-0.2, 0) is 11.3 Å². The van der Waals surface area contributed by atoms with Crippen LogP contribution in [0.1, 0.15) is 28.2 Å². The predicted octanol–water partition coefficient (Wildman–Crippen LogP) is 2.33. The Morgan fingerprint density at radius 2 is 2.35 bits per heavy atom. The molecule has 0 bridgehead atoms. The first-order valence-corrected chi connectivity index (χ1v) is 7.27. The van der Waals surface area contributed by atoms with E-state index in [9.17, 15) is 4.79 Å². The van der Waals surface area contributed by atoms with Gasteiger partial charge in [-0.2, -0.15) is 0 Å². The number of aryl methyl sites for hydroxylation is 2. The standard InChI is InChI=1S/C13H18N4O2S/c1-10-11(12(18)19-2)20-13(16-10)15-5-3-4-7-17-8-6-14-9-17/h6,8-9H,3-5,7H2,1-2H3,(H,15,16). The lowest BCUT2D eigenvalue weighted by Gasteiger charge is -2.03. The van der Waals surface area contributed by atoms with E-state index < -0.39 is 0 Å². The molecule has 20 heavy (non-hydrogen) atoms. The van der Waals surface area contributed by atoms with E-state index in [0.717, 1.165) is 31.1 Å². The molecule has 0 fully saturated rings. The Bertz CT molecular complexity index is 551. The molecule has 0 radical (unpaired) electrons. The first-order chi connectivity index (χ1) is 9.70. The number of nitrogens with one attached hydrogen (secondary N) is 1. The summed E-state index contributed by atoms with van der Waals surface area (Å²) in [5, 5.41) is 4.01. The van der Waals surface area contributed by atoms with Crippen LogP contribution in [0.15, 0.2) is 18.7 Å². The number of thiazole rings is 1. The lowest BCUT2D eigenvalue weighted by molar-refractivity contribution is 0.0605. The van der Waals surface area contributed by atoms with Crippen LogP contribution in [0.2, 0.25) is 0 Å². The Balaban J connectivity index is 1.73. The number of methoxy groups -OCH3 is 1. The van der Waals surface area contributed by atoms with Gasteiger partial charge in [0.15, 0.2) is 5.13 Å². The van der Waals surface area contributed by atoms with Crippen molar-refractivity contribution in [2.45, 2.75) is 26.3 Å². The molecule has 0 amide bonds. The van der Waals surface area contributed by atoms with Gasteiger partial charge in [-0.25, -0.2) is 14.8 Å². The molecule has 6 nitrogen and oxygen atoms in total. The van der Waals surface area contributed by atoms with Gasteiger partial charge in [0.05, 0.1) is 19.1 Å². The average molecular weight is 294 g/mol. The van der Waals surface area contributed by atoms with Gasteiger partial charge in [0.1, 0.15) is 4.88 Å². The highest BCUT2D eigenvalue weighted by Crippen LogP contribution is 2.23. The summed E-state index contributed by atoms with van der Waals surface area (Å²) in [6, 6.07) is 0. The molecule has 0 atom stereocenters. The number of imidazole rings is 1. The summed E-state index contributed by atoms with van der Waals surface area (Å²) in [4.78, 5) is 20.3. The number of carbonyl (C=O) groups is 1. The average Bonchev–Trinajstić information content (AvgIpc) is 3.07. The molecule has 2 aromatic rings. The molecule has 0 aliphatic carbocycles. The summed E-state index contributed by atoms with van der Waals surface area (Å²) >= 11 is 1.34. The van der Waals surface area contributed by atoms with Crippen molar-refractivity contribution >= 4 is 22.4 Å². The fraction of sp³-hybridized carbons (Fsp3) is 0.462. The van der Waals surface area contributed by atoms with Gasteiger partial charge in [-0.15, -0.1) is 0 Å². The largest absolute Gasteiger partial charge is 0.465 e. The molecule has 1 N–H and O–H groups in total. The van der Waals surface area contributed by atoms with Gasteiger partial charge < -0.3 is 14.6 Å². The summed E-state index contributed by atoms with van der Waals surface area (Å²) in [6.07, 6.45) is 7.66. The normalized spacial score (nSPS) is 10.5. The zero-order valence-electron chi connectivity index (χ0n) is 11.6. The van der Waals surface area contributed by atoms with Crippen molar-refractivity contribution in [2.24, 2.45) is 0 Å². The Morgan fingerprint density at radius 3 is 3.05 bits per heavy atom. The van der Waals surface area contributed by atoms with Crippen LogP contribution in [0.5, 0.6) is 0 Å². The smallest absolute Gasteiger partial charge is 0.350 e. The number of esters is 1. The fourth-order valence-electron chi connectivity index (χ4n) is 1.79. The molecule has 0 spiro atoms. The molecule has 108 valence electrons. The minimum Gasteiger partial charge on any atom is -0.465 e. The van der Waals surface area contributed by atoms with Crippen LogP contribution >= 0.6 is 11.3 Å². The molecule has 2 heterocycles. The number of hydrogen-bond acceptors (Lipinski definition) is 6. The number of ether oxygens (including phenoxy) is 1. The van der Waals surface area contributed by atoms with Gasteiger partial charge in [-0.3, -0.25) is 0 Å². The minimum atomic E-state index is -0.326. The number of anilines is 1. The molecule has 2 aromatic heterocycles. The van der Waals surface area contributed by atoms with Gasteiger partial charge in [0.2, 0.25) is 0 Å². The third-order valence-electron chi connectivity index (χ3n) is 2.85. The highest BCUT2D eigenvalue weighted by atomic mass is 32.1. The SMILES string of the molecule is COC(=O)c1sc(NCCCCn2ccnc2)nc1C. The monoisotopic (exact) mass is 294 g/mol. The Hall–Kier alpha value is -1.89. The summed E-state index contributed by atoms with van der Waals surface area (Å²) in [5.74, 6) is -0.326. The highest BCUT2D eigenvalue weighted by Gasteiger charge is 2.15. The Labute approximate surface area is 121 Å². The van der Waals surface area contributed by atoms with Gasteiger partial charge in [-0.05, 0) is 19.8 Å². The number of rotatable bonds is 7. The van der Waals surface area contributed by atoms with E-state index in [-0.39, 0.29) is 5.97 Å². The van der Waals surface area contributed by atoms with Crippen molar-refractivity contribution in [1.29, 1.82) is 0 Å². The van der Waals surface area contributed by atoms with Crippen LogP contribution in [0.3, 0.4) is 0 Å². The number of aromatic nitrogens is 3. The van der Waals surface area contributed by atoms with Crippen molar-refractivity contribution in [3.05, 3.63) is 29.3 Å². The number of nitrogens with zero attached hydrogens (tertiary/aromatic N) is 3. The predicted molar refractivity (Wildman–Crippen MR) is 78.1 cm³/mol. The second-order valence-electron chi connectivity index (χ2n) is 4.36. The fourth-order valence-corrected chi connectivity index (χ4v) is 2.70. The van der Waals surface area contributed by atoms with E-state index in [1.54, 1.807) is 6.20 Å². The topological polar surface area (TPSA) is 69.0 Å². The highest BCUT2D eigenvalue weighted by molar-refractivity contribution is 7.17. The molecule has 0 saturated carbocycles. The van der Waals surface area contributed by atoms with Gasteiger partial charge in [0, 0.05) is 25.5 Å². The number of hydrogen-bond donors (Lipinski definition) is 1. The van der Waals surface area contributed by atoms with Crippen LogP contribution in [0.25, 0.3) is 0 Å². The van der Waals surface area contributed by atoms with E-state index in [4.69, 9.17) is 4.74 Å². The number of carbonyl (C=O) groups excluding carboxylic acids is 1. The summed E-state index contributed by atoms with van der Waals surface area (Å²) in [5.41, 5.74) is 0.711. The van der Waals surface area contributed by atoms with Crippen LogP contribution < -0.4 is 5.32 Å². The summed E-state index contributed by atoms with van der Waals surface area (Å²) in [7, 11) is 1.38. The first-order valence-electron chi connectivity index (χ1n) is 6.46. The van der Waals surface area contributed by atoms with Gasteiger partial charge >= 0.3 is 5.97 Å². The number of unbranched alkanes of at least 4 members (excludes halogenated alkanes) is 1. The lowest BCUT2D eigenvalue weighted by Crippen LogP contribution is -2.03. The second kappa shape index (κ2) is 7.04. The van der Waals surface area contributed by atoms with Crippen molar-refractivity contribution < 1.29 is 9.53 Å². The Morgan fingerprint density at radius 1 is 1.50 bits per heavy atom. The van der Waals surface area contributed by atoms with E-state index in [1.807, 2.05) is 19.4 Å². The zero-order chi connectivity index (χ0) is 14.4. The third-order valence-corrected chi connectivity index (χ3v) is 3.94. The van der Waals surface area contributed by atoms with Crippen LogP contribution in [0, 0.1) is 6.92 Å². The molecule has 2 rings (SSSR count). The van der Waals surface area contributed by atoms with E-state index in [1.165, 1.54) is 18.4 Å². The molecule has 0 aromatic carbocycles. The van der Waals surface area contributed by atoms with Gasteiger partial charge in [0.25, 0.3) is 0 Å². The van der Waals surface area contributed by atoms with Gasteiger partial charge in [-0.1, -0.05) is 11.3 Å². The van der Waals surface area contributed by atoms with Crippen molar-refractivity contribution in [3.8, 4) is 0 Å². The van der Waals surface area contributed by atoms with Crippen molar-refractivity contribution in [2.75, 3.05) is 19.0 Å². The Kier molecular flexibility index (Phi) is 5.11. The van der Waals surface area contributed by atoms with E-state index in [2.05, 4.69) is 19.9 Å². The second-order valence-corrected chi connectivity index (χ2v) is 5.36. The first kappa shape index (κ1) is 14.5. The maximum atomic E-state index is 11.5. The molecule has 0 aliphatic rings. The molecular formula is C13H18N4O2S. The van der Waals surface area contributed by atoms with Crippen LogP contribution in [-0.4, -0.2) is 34.2 Å². The molecule has 0 unspecified atom stereocenters. The quantitative estimate of drug-likeness (QED) is 0.627. The lowest BCUT2D eigenvalue weighted by atomic mass is 10.3.